The fourth-order valence-corrected chi connectivity index (χ4v) is 3.40. The number of aryl methyl sites for hydroxylation is 2. The average molecular weight is 396 g/mol. The maximum Gasteiger partial charge on any atom is 0.224 e. The summed E-state index contributed by atoms with van der Waals surface area (Å²) in [7, 11) is 1.66. The standard InChI is InChI=1S/C23H28N2O4/c1-16-5-9-21(28-2)18(14-16)11-12-24-22(26)4-3-13-29-19-7-8-20-17(15-19)6-10-23(27)25-20/h5,7-9,14-15H,3-4,6,10-13H2,1-2H3,(H,24,26)(H,25,27). The number of methoxy groups -OCH3 is 1. The number of anilines is 1. The van der Waals surface area contributed by atoms with Crippen molar-refractivity contribution in [1.82, 2.24) is 5.32 Å². The first-order chi connectivity index (χ1) is 14.0. The van der Waals surface area contributed by atoms with Gasteiger partial charge in [-0.15, -0.1) is 0 Å². The first-order valence-electron chi connectivity index (χ1n) is 10.0. The predicted molar refractivity (Wildman–Crippen MR) is 113 cm³/mol. The highest BCUT2D eigenvalue weighted by molar-refractivity contribution is 5.94. The van der Waals surface area contributed by atoms with Gasteiger partial charge in [-0.1, -0.05) is 17.7 Å². The average Bonchev–Trinajstić information content (AvgIpc) is 2.71. The molecule has 29 heavy (non-hydrogen) atoms. The number of benzene rings is 2. The van der Waals surface area contributed by atoms with E-state index < -0.39 is 0 Å². The van der Waals surface area contributed by atoms with Crippen LogP contribution in [-0.4, -0.2) is 32.1 Å². The minimum absolute atomic E-state index is 0.0216. The van der Waals surface area contributed by atoms with Crippen LogP contribution in [0.4, 0.5) is 5.69 Å². The number of ether oxygens (including phenoxy) is 2. The van der Waals surface area contributed by atoms with Crippen molar-refractivity contribution in [2.45, 2.75) is 39.0 Å². The Morgan fingerprint density at radius 3 is 2.86 bits per heavy atom. The van der Waals surface area contributed by atoms with E-state index in [4.69, 9.17) is 9.47 Å². The summed E-state index contributed by atoms with van der Waals surface area (Å²) in [5, 5.41) is 5.81. The highest BCUT2D eigenvalue weighted by Crippen LogP contribution is 2.26. The predicted octanol–water partition coefficient (Wildman–Crippen LogP) is 3.41. The fourth-order valence-electron chi connectivity index (χ4n) is 3.40. The maximum absolute atomic E-state index is 12.1. The number of amides is 2. The minimum Gasteiger partial charge on any atom is -0.496 e. The zero-order valence-corrected chi connectivity index (χ0v) is 17.0. The first kappa shape index (κ1) is 20.7. The molecule has 1 heterocycles. The molecule has 0 radical (unpaired) electrons. The normalized spacial score (nSPS) is 12.7. The van der Waals surface area contributed by atoms with Crippen molar-refractivity contribution < 1.29 is 19.1 Å². The van der Waals surface area contributed by atoms with E-state index in [2.05, 4.69) is 16.7 Å². The Hall–Kier alpha value is -3.02. The molecule has 0 saturated carbocycles. The lowest BCUT2D eigenvalue weighted by molar-refractivity contribution is -0.121. The Kier molecular flexibility index (Phi) is 7.11. The van der Waals surface area contributed by atoms with Crippen LogP contribution in [0.3, 0.4) is 0 Å². The third-order valence-corrected chi connectivity index (χ3v) is 4.94. The van der Waals surface area contributed by atoms with E-state index >= 15 is 0 Å². The Labute approximate surface area is 171 Å². The molecule has 0 aliphatic carbocycles. The molecule has 1 aliphatic rings. The number of hydrogen-bond donors (Lipinski definition) is 2. The van der Waals surface area contributed by atoms with Crippen LogP contribution in [0, 0.1) is 6.92 Å². The Morgan fingerprint density at radius 1 is 1.17 bits per heavy atom. The second-order valence-electron chi connectivity index (χ2n) is 7.23. The lowest BCUT2D eigenvalue weighted by Crippen LogP contribution is -2.26. The molecule has 0 saturated heterocycles. The number of carbonyl (C=O) groups is 2. The van der Waals surface area contributed by atoms with Crippen LogP contribution in [0.1, 0.15) is 36.0 Å². The molecule has 154 valence electrons. The molecule has 1 aliphatic heterocycles. The summed E-state index contributed by atoms with van der Waals surface area (Å²) in [5.41, 5.74) is 4.22. The van der Waals surface area contributed by atoms with Crippen LogP contribution in [-0.2, 0) is 22.4 Å². The molecule has 0 unspecified atom stereocenters. The van der Waals surface area contributed by atoms with Crippen molar-refractivity contribution in [3.8, 4) is 11.5 Å². The van der Waals surface area contributed by atoms with Crippen molar-refractivity contribution in [2.24, 2.45) is 0 Å². The summed E-state index contributed by atoms with van der Waals surface area (Å²) >= 11 is 0. The summed E-state index contributed by atoms with van der Waals surface area (Å²) in [6, 6.07) is 11.7. The summed E-state index contributed by atoms with van der Waals surface area (Å²) in [6.45, 7) is 3.10. The maximum atomic E-state index is 12.1. The minimum atomic E-state index is 0.0216. The monoisotopic (exact) mass is 396 g/mol. The van der Waals surface area contributed by atoms with Crippen molar-refractivity contribution in [3.63, 3.8) is 0 Å². The van der Waals surface area contributed by atoms with Crippen LogP contribution >= 0.6 is 0 Å². The van der Waals surface area contributed by atoms with Crippen molar-refractivity contribution >= 4 is 17.5 Å². The van der Waals surface area contributed by atoms with Crippen LogP contribution in [0.2, 0.25) is 0 Å². The molecular formula is C23H28N2O4. The number of hydrogen-bond acceptors (Lipinski definition) is 4. The lowest BCUT2D eigenvalue weighted by Gasteiger charge is -2.17. The molecule has 0 aromatic heterocycles. The third kappa shape index (κ3) is 5.98. The van der Waals surface area contributed by atoms with Crippen LogP contribution in [0.25, 0.3) is 0 Å². The summed E-state index contributed by atoms with van der Waals surface area (Å²) in [5.74, 6) is 1.70. The Balaban J connectivity index is 1.35. The summed E-state index contributed by atoms with van der Waals surface area (Å²) in [6.07, 6.45) is 3.04. The van der Waals surface area contributed by atoms with Crippen LogP contribution < -0.4 is 20.1 Å². The molecule has 0 atom stereocenters. The molecule has 0 bridgehead atoms. The zero-order chi connectivity index (χ0) is 20.6. The smallest absolute Gasteiger partial charge is 0.224 e. The number of carbonyl (C=O) groups excluding carboxylic acids is 2. The van der Waals surface area contributed by atoms with Gasteiger partial charge < -0.3 is 20.1 Å². The number of nitrogens with one attached hydrogen (secondary N) is 2. The van der Waals surface area contributed by atoms with E-state index in [0.29, 0.717) is 32.4 Å². The SMILES string of the molecule is COc1ccc(C)cc1CCNC(=O)CCCOc1ccc2c(c1)CCC(=O)N2. The van der Waals surface area contributed by atoms with Gasteiger partial charge in [-0.2, -0.15) is 0 Å². The molecule has 2 N–H and O–H groups in total. The van der Waals surface area contributed by atoms with Gasteiger partial charge >= 0.3 is 0 Å². The Morgan fingerprint density at radius 2 is 2.03 bits per heavy atom. The quantitative estimate of drug-likeness (QED) is 0.637. The van der Waals surface area contributed by atoms with Crippen molar-refractivity contribution in [3.05, 3.63) is 53.1 Å². The number of rotatable bonds is 9. The molecule has 6 nitrogen and oxygen atoms in total. The van der Waals surface area contributed by atoms with E-state index in [1.807, 2.05) is 37.3 Å². The van der Waals surface area contributed by atoms with Gasteiger partial charge in [0.2, 0.25) is 11.8 Å². The largest absolute Gasteiger partial charge is 0.496 e. The van der Waals surface area contributed by atoms with Gasteiger partial charge in [-0.3, -0.25) is 9.59 Å². The van der Waals surface area contributed by atoms with Crippen LogP contribution in [0.5, 0.6) is 11.5 Å². The molecule has 2 aromatic carbocycles. The van der Waals surface area contributed by atoms with Gasteiger partial charge in [-0.05, 0) is 61.6 Å². The van der Waals surface area contributed by atoms with Crippen LogP contribution in [0.15, 0.2) is 36.4 Å². The van der Waals surface area contributed by atoms with E-state index in [-0.39, 0.29) is 11.8 Å². The van der Waals surface area contributed by atoms with E-state index in [1.54, 1.807) is 7.11 Å². The zero-order valence-electron chi connectivity index (χ0n) is 17.0. The molecule has 0 fully saturated rings. The molecular weight excluding hydrogens is 368 g/mol. The van der Waals surface area contributed by atoms with Gasteiger partial charge in [0.05, 0.1) is 13.7 Å². The second kappa shape index (κ2) is 9.96. The topological polar surface area (TPSA) is 76.7 Å². The van der Waals surface area contributed by atoms with E-state index in [1.165, 1.54) is 5.56 Å². The first-order valence-corrected chi connectivity index (χ1v) is 10.0. The number of fused-ring (bicyclic) bond motifs is 1. The summed E-state index contributed by atoms with van der Waals surface area (Å²) in [4.78, 5) is 23.5. The highest BCUT2D eigenvalue weighted by Gasteiger charge is 2.15. The summed E-state index contributed by atoms with van der Waals surface area (Å²) < 4.78 is 11.1. The fraction of sp³-hybridized carbons (Fsp3) is 0.391. The van der Waals surface area contributed by atoms with Crippen molar-refractivity contribution in [2.75, 3.05) is 25.6 Å². The van der Waals surface area contributed by atoms with E-state index in [9.17, 15) is 9.59 Å². The van der Waals surface area contributed by atoms with Gasteiger partial charge in [0, 0.05) is 25.1 Å². The van der Waals surface area contributed by atoms with Gasteiger partial charge in [0.1, 0.15) is 11.5 Å². The van der Waals surface area contributed by atoms with Crippen molar-refractivity contribution in [1.29, 1.82) is 0 Å². The molecule has 3 rings (SSSR count). The van der Waals surface area contributed by atoms with E-state index in [0.717, 1.165) is 41.2 Å². The lowest BCUT2D eigenvalue weighted by atomic mass is 10.0. The van der Waals surface area contributed by atoms with Gasteiger partial charge in [0.15, 0.2) is 0 Å². The third-order valence-electron chi connectivity index (χ3n) is 4.94. The second-order valence-corrected chi connectivity index (χ2v) is 7.23. The molecule has 0 spiro atoms. The highest BCUT2D eigenvalue weighted by atomic mass is 16.5. The molecule has 2 aromatic rings. The van der Waals surface area contributed by atoms with Gasteiger partial charge in [0.25, 0.3) is 0 Å². The molecule has 2 amide bonds. The van der Waals surface area contributed by atoms with Gasteiger partial charge in [-0.25, -0.2) is 0 Å². The Bertz CT molecular complexity index is 879. The molecule has 6 heteroatoms.